The molecule has 1 aliphatic rings. The topological polar surface area (TPSA) is 66.6 Å². The summed E-state index contributed by atoms with van der Waals surface area (Å²) in [6.45, 7) is 8.77. The summed E-state index contributed by atoms with van der Waals surface area (Å²) in [5, 5.41) is 8.73. The van der Waals surface area contributed by atoms with Crippen LogP contribution in [-0.2, 0) is 4.79 Å². The van der Waals surface area contributed by atoms with E-state index < -0.39 is 12.0 Å². The Balaban J connectivity index is 2.49. The number of rotatable bonds is 3. The van der Waals surface area contributed by atoms with Crippen molar-refractivity contribution in [2.45, 2.75) is 33.2 Å². The maximum absolute atomic E-state index is 10.6. The van der Waals surface area contributed by atoms with Crippen molar-refractivity contribution < 1.29 is 9.90 Å². The number of nitrogens with zero attached hydrogens (tertiary/aromatic N) is 1. The van der Waals surface area contributed by atoms with E-state index in [1.807, 2.05) is 0 Å². The Labute approximate surface area is 97.1 Å². The zero-order valence-electron chi connectivity index (χ0n) is 10.4. The van der Waals surface area contributed by atoms with Crippen LogP contribution in [0.1, 0.15) is 27.2 Å². The van der Waals surface area contributed by atoms with Gasteiger partial charge in [-0.3, -0.25) is 9.69 Å². The molecule has 1 rings (SSSR count). The lowest BCUT2D eigenvalue weighted by Gasteiger charge is -2.32. The van der Waals surface area contributed by atoms with Crippen LogP contribution in [0.4, 0.5) is 0 Å². The predicted molar refractivity (Wildman–Crippen MR) is 64.2 cm³/mol. The van der Waals surface area contributed by atoms with Crippen LogP contribution in [0.2, 0.25) is 0 Å². The summed E-state index contributed by atoms with van der Waals surface area (Å²) in [7, 11) is 0. The first-order valence-electron chi connectivity index (χ1n) is 5.71. The zero-order chi connectivity index (χ0) is 12.3. The molecule has 0 spiro atoms. The van der Waals surface area contributed by atoms with Crippen molar-refractivity contribution in [1.82, 2.24) is 4.90 Å². The molecule has 4 nitrogen and oxygen atoms in total. The Bertz CT molecular complexity index is 292. The molecule has 1 heterocycles. The van der Waals surface area contributed by atoms with Crippen molar-refractivity contribution in [2.24, 2.45) is 11.1 Å². The first kappa shape index (κ1) is 13.2. The van der Waals surface area contributed by atoms with Gasteiger partial charge in [-0.25, -0.2) is 0 Å². The first-order valence-corrected chi connectivity index (χ1v) is 5.71. The maximum atomic E-state index is 10.6. The molecule has 0 saturated carbocycles. The van der Waals surface area contributed by atoms with E-state index in [4.69, 9.17) is 10.8 Å². The SMILES string of the molecule is CC(C)(C)C1=CCN(CC(N)C(=O)O)CC1. The summed E-state index contributed by atoms with van der Waals surface area (Å²) in [4.78, 5) is 12.7. The molecule has 3 N–H and O–H groups in total. The van der Waals surface area contributed by atoms with Crippen LogP contribution >= 0.6 is 0 Å². The second-order valence-electron chi connectivity index (χ2n) is 5.43. The van der Waals surface area contributed by atoms with Gasteiger partial charge in [0.15, 0.2) is 0 Å². The van der Waals surface area contributed by atoms with Crippen LogP contribution in [-0.4, -0.2) is 41.7 Å². The van der Waals surface area contributed by atoms with Gasteiger partial charge in [-0.05, 0) is 11.8 Å². The lowest BCUT2D eigenvalue weighted by Crippen LogP contribution is -2.44. The van der Waals surface area contributed by atoms with Crippen LogP contribution < -0.4 is 5.73 Å². The molecule has 0 fully saturated rings. The molecular formula is C12H22N2O2. The standard InChI is InChI=1S/C12H22N2O2/c1-12(2,3)9-4-6-14(7-5-9)8-10(13)11(15)16/h4,10H,5-8,13H2,1-3H3,(H,15,16). The van der Waals surface area contributed by atoms with Crippen molar-refractivity contribution in [3.05, 3.63) is 11.6 Å². The fourth-order valence-electron chi connectivity index (χ4n) is 1.91. The fraction of sp³-hybridized carbons (Fsp3) is 0.750. The van der Waals surface area contributed by atoms with Crippen molar-refractivity contribution >= 4 is 5.97 Å². The van der Waals surface area contributed by atoms with E-state index in [9.17, 15) is 4.79 Å². The number of carboxylic acids is 1. The highest BCUT2D eigenvalue weighted by Crippen LogP contribution is 2.29. The number of carboxylic acid groups (broad SMARTS) is 1. The summed E-state index contributed by atoms with van der Waals surface area (Å²) in [6.07, 6.45) is 3.22. The maximum Gasteiger partial charge on any atom is 0.321 e. The molecule has 0 aromatic rings. The minimum Gasteiger partial charge on any atom is -0.480 e. The molecule has 92 valence electrons. The Morgan fingerprint density at radius 3 is 2.62 bits per heavy atom. The van der Waals surface area contributed by atoms with E-state index in [0.717, 1.165) is 19.5 Å². The summed E-state index contributed by atoms with van der Waals surface area (Å²) in [5.74, 6) is -0.925. The van der Waals surface area contributed by atoms with Crippen LogP contribution in [0.15, 0.2) is 11.6 Å². The zero-order valence-corrected chi connectivity index (χ0v) is 10.4. The van der Waals surface area contributed by atoms with Gasteiger partial charge in [-0.15, -0.1) is 0 Å². The predicted octanol–water partition coefficient (Wildman–Crippen LogP) is 1.08. The average molecular weight is 226 g/mol. The van der Waals surface area contributed by atoms with Crippen molar-refractivity contribution in [3.63, 3.8) is 0 Å². The van der Waals surface area contributed by atoms with Crippen molar-refractivity contribution in [1.29, 1.82) is 0 Å². The molecule has 0 aromatic heterocycles. The number of hydrogen-bond donors (Lipinski definition) is 2. The van der Waals surface area contributed by atoms with E-state index in [1.54, 1.807) is 0 Å². The number of aliphatic carboxylic acids is 1. The molecule has 1 aliphatic heterocycles. The number of hydrogen-bond acceptors (Lipinski definition) is 3. The molecular weight excluding hydrogens is 204 g/mol. The quantitative estimate of drug-likeness (QED) is 0.707. The molecule has 1 atom stereocenters. The monoisotopic (exact) mass is 226 g/mol. The van der Waals surface area contributed by atoms with E-state index >= 15 is 0 Å². The van der Waals surface area contributed by atoms with Gasteiger partial charge in [-0.1, -0.05) is 32.4 Å². The Morgan fingerprint density at radius 2 is 2.25 bits per heavy atom. The Hall–Kier alpha value is -0.870. The van der Waals surface area contributed by atoms with Crippen molar-refractivity contribution in [3.8, 4) is 0 Å². The largest absolute Gasteiger partial charge is 0.480 e. The van der Waals surface area contributed by atoms with E-state index in [-0.39, 0.29) is 5.41 Å². The molecule has 0 bridgehead atoms. The van der Waals surface area contributed by atoms with Gasteiger partial charge in [0, 0.05) is 19.6 Å². The van der Waals surface area contributed by atoms with Gasteiger partial charge in [0.05, 0.1) is 0 Å². The Kier molecular flexibility index (Phi) is 4.10. The number of nitrogens with two attached hydrogens (primary N) is 1. The summed E-state index contributed by atoms with van der Waals surface area (Å²) in [5.41, 5.74) is 7.18. The van der Waals surface area contributed by atoms with Crippen LogP contribution in [0.3, 0.4) is 0 Å². The lowest BCUT2D eigenvalue weighted by atomic mass is 9.83. The van der Waals surface area contributed by atoms with Gasteiger partial charge >= 0.3 is 5.97 Å². The third-order valence-corrected chi connectivity index (χ3v) is 3.03. The van der Waals surface area contributed by atoms with E-state index in [1.165, 1.54) is 5.57 Å². The fourth-order valence-corrected chi connectivity index (χ4v) is 1.91. The van der Waals surface area contributed by atoms with Gasteiger partial charge in [0.25, 0.3) is 0 Å². The second-order valence-corrected chi connectivity index (χ2v) is 5.43. The highest BCUT2D eigenvalue weighted by atomic mass is 16.4. The van der Waals surface area contributed by atoms with Gasteiger partial charge in [0.2, 0.25) is 0 Å². The molecule has 0 amide bonds. The third kappa shape index (κ3) is 3.61. The third-order valence-electron chi connectivity index (χ3n) is 3.03. The second kappa shape index (κ2) is 4.97. The van der Waals surface area contributed by atoms with Gasteiger partial charge < -0.3 is 10.8 Å². The van der Waals surface area contributed by atoms with Gasteiger partial charge in [0.1, 0.15) is 6.04 Å². The molecule has 0 aromatic carbocycles. The minimum atomic E-state index is -0.925. The smallest absolute Gasteiger partial charge is 0.321 e. The average Bonchev–Trinajstić information content (AvgIpc) is 2.17. The summed E-state index contributed by atoms with van der Waals surface area (Å²) in [6, 6.07) is -0.774. The van der Waals surface area contributed by atoms with Crippen LogP contribution in [0, 0.1) is 5.41 Å². The molecule has 0 aliphatic carbocycles. The summed E-state index contributed by atoms with van der Waals surface area (Å²) < 4.78 is 0. The minimum absolute atomic E-state index is 0.223. The molecule has 4 heteroatoms. The first-order chi connectivity index (χ1) is 7.30. The van der Waals surface area contributed by atoms with E-state index in [2.05, 4.69) is 31.7 Å². The normalized spacial score (nSPS) is 20.4. The van der Waals surface area contributed by atoms with Crippen LogP contribution in [0.5, 0.6) is 0 Å². The molecule has 0 saturated heterocycles. The highest BCUT2D eigenvalue weighted by Gasteiger charge is 2.23. The lowest BCUT2D eigenvalue weighted by molar-refractivity contribution is -0.139. The molecule has 16 heavy (non-hydrogen) atoms. The molecule has 0 radical (unpaired) electrons. The highest BCUT2D eigenvalue weighted by molar-refractivity contribution is 5.73. The van der Waals surface area contributed by atoms with E-state index in [0.29, 0.717) is 6.54 Å². The summed E-state index contributed by atoms with van der Waals surface area (Å²) >= 11 is 0. The van der Waals surface area contributed by atoms with Crippen LogP contribution in [0.25, 0.3) is 0 Å². The Morgan fingerprint density at radius 1 is 1.62 bits per heavy atom. The number of carbonyl (C=O) groups is 1. The van der Waals surface area contributed by atoms with Crippen molar-refractivity contribution in [2.75, 3.05) is 19.6 Å². The molecule has 1 unspecified atom stereocenters. The van der Waals surface area contributed by atoms with Gasteiger partial charge in [-0.2, -0.15) is 0 Å².